The highest BCUT2D eigenvalue weighted by atomic mass is 32.2. The third kappa shape index (κ3) is 5.16. The summed E-state index contributed by atoms with van der Waals surface area (Å²) in [6, 6.07) is 10.3. The first-order valence-corrected chi connectivity index (χ1v) is 11.3. The molecule has 1 N–H and O–H groups in total. The molecule has 1 fully saturated rings. The molecule has 0 aromatic heterocycles. The van der Waals surface area contributed by atoms with Crippen molar-refractivity contribution in [3.05, 3.63) is 53.1 Å². The lowest BCUT2D eigenvalue weighted by molar-refractivity contribution is -0.118. The number of hydrogen-bond acceptors (Lipinski definition) is 4. The van der Waals surface area contributed by atoms with Crippen LogP contribution in [0.4, 0.5) is 5.69 Å². The zero-order chi connectivity index (χ0) is 21.0. The van der Waals surface area contributed by atoms with Gasteiger partial charge in [0.2, 0.25) is 10.0 Å². The zero-order valence-electron chi connectivity index (χ0n) is 17.2. The zero-order valence-corrected chi connectivity index (χ0v) is 18.0. The highest BCUT2D eigenvalue weighted by Crippen LogP contribution is 2.24. The molecule has 156 valence electrons. The van der Waals surface area contributed by atoms with Gasteiger partial charge in [-0.15, -0.1) is 0 Å². The average molecular weight is 417 g/mol. The Morgan fingerprint density at radius 1 is 1.00 bits per heavy atom. The quantitative estimate of drug-likeness (QED) is 0.777. The van der Waals surface area contributed by atoms with E-state index in [0.29, 0.717) is 18.8 Å². The topological polar surface area (TPSA) is 75.7 Å². The summed E-state index contributed by atoms with van der Waals surface area (Å²) in [7, 11) is -3.47. The second kappa shape index (κ2) is 8.97. The molecule has 0 saturated carbocycles. The van der Waals surface area contributed by atoms with Crippen molar-refractivity contribution in [2.45, 2.75) is 44.9 Å². The monoisotopic (exact) mass is 416 g/mol. The van der Waals surface area contributed by atoms with Gasteiger partial charge in [-0.25, -0.2) is 8.42 Å². The fraction of sp³-hybridized carbons (Fsp3) is 0.409. The molecule has 7 heteroatoms. The minimum Gasteiger partial charge on any atom is -0.484 e. The van der Waals surface area contributed by atoms with Gasteiger partial charge in [-0.3, -0.25) is 4.79 Å². The van der Waals surface area contributed by atoms with E-state index < -0.39 is 10.0 Å². The number of carbonyl (C=O) groups is 1. The second-order valence-electron chi connectivity index (χ2n) is 7.55. The third-order valence-electron chi connectivity index (χ3n) is 5.09. The number of amides is 1. The Kier molecular flexibility index (Phi) is 6.59. The van der Waals surface area contributed by atoms with Gasteiger partial charge < -0.3 is 10.1 Å². The number of benzene rings is 2. The van der Waals surface area contributed by atoms with Gasteiger partial charge in [0.05, 0.1) is 4.90 Å². The van der Waals surface area contributed by atoms with Crippen molar-refractivity contribution in [3.63, 3.8) is 0 Å². The van der Waals surface area contributed by atoms with Crippen LogP contribution in [-0.4, -0.2) is 38.3 Å². The van der Waals surface area contributed by atoms with Crippen molar-refractivity contribution in [2.75, 3.05) is 25.0 Å². The fourth-order valence-corrected chi connectivity index (χ4v) is 5.18. The fourth-order valence-electron chi connectivity index (χ4n) is 3.66. The maximum atomic E-state index is 12.7. The summed E-state index contributed by atoms with van der Waals surface area (Å²) < 4.78 is 32.4. The number of nitrogens with one attached hydrogen (secondary N) is 1. The molecule has 1 aliphatic heterocycles. The van der Waals surface area contributed by atoms with Crippen LogP contribution in [0, 0.1) is 20.8 Å². The van der Waals surface area contributed by atoms with Crippen LogP contribution in [0.1, 0.15) is 36.0 Å². The molecule has 6 nitrogen and oxygen atoms in total. The summed E-state index contributed by atoms with van der Waals surface area (Å²) >= 11 is 0. The van der Waals surface area contributed by atoms with E-state index in [-0.39, 0.29) is 17.4 Å². The van der Waals surface area contributed by atoms with Gasteiger partial charge in [0.15, 0.2) is 6.61 Å². The van der Waals surface area contributed by atoms with Gasteiger partial charge in [-0.2, -0.15) is 4.31 Å². The van der Waals surface area contributed by atoms with Gasteiger partial charge >= 0.3 is 0 Å². The standard InChI is InChI=1S/C22H28N2O4S/c1-16-13-17(2)22(18(3)14-16)23-21(25)15-28-19-7-9-20(10-8-19)29(26,27)24-11-5-4-6-12-24/h7-10,13-14H,4-6,11-12,15H2,1-3H3,(H,23,25). The van der Waals surface area contributed by atoms with Crippen molar-refractivity contribution >= 4 is 21.6 Å². The molecule has 29 heavy (non-hydrogen) atoms. The largest absolute Gasteiger partial charge is 0.484 e. The van der Waals surface area contributed by atoms with Gasteiger partial charge in [0.25, 0.3) is 5.91 Å². The summed E-state index contributed by atoms with van der Waals surface area (Å²) in [5.41, 5.74) is 3.95. The van der Waals surface area contributed by atoms with Crippen LogP contribution in [-0.2, 0) is 14.8 Å². The van der Waals surface area contributed by atoms with Crippen molar-refractivity contribution in [3.8, 4) is 5.75 Å². The molecule has 0 atom stereocenters. The van der Waals surface area contributed by atoms with E-state index in [0.717, 1.165) is 41.6 Å². The van der Waals surface area contributed by atoms with Gasteiger partial charge in [0, 0.05) is 18.8 Å². The number of sulfonamides is 1. The molecule has 0 unspecified atom stereocenters. The van der Waals surface area contributed by atoms with Crippen molar-refractivity contribution in [1.82, 2.24) is 4.31 Å². The normalized spacial score (nSPS) is 15.1. The molecule has 3 rings (SSSR count). The van der Waals surface area contributed by atoms with Crippen molar-refractivity contribution in [2.24, 2.45) is 0 Å². The number of aryl methyl sites for hydroxylation is 3. The van der Waals surface area contributed by atoms with Crippen LogP contribution in [0.15, 0.2) is 41.3 Å². The van der Waals surface area contributed by atoms with E-state index in [2.05, 4.69) is 5.32 Å². The lowest BCUT2D eigenvalue weighted by Crippen LogP contribution is -2.35. The van der Waals surface area contributed by atoms with Gasteiger partial charge in [-0.05, 0) is 69.0 Å². The Morgan fingerprint density at radius 2 is 1.59 bits per heavy atom. The second-order valence-corrected chi connectivity index (χ2v) is 9.48. The molecular weight excluding hydrogens is 388 g/mol. The van der Waals surface area contributed by atoms with Crippen LogP contribution in [0.2, 0.25) is 0 Å². The predicted octanol–water partition coefficient (Wildman–Crippen LogP) is 3.80. The highest BCUT2D eigenvalue weighted by molar-refractivity contribution is 7.89. The van der Waals surface area contributed by atoms with Gasteiger partial charge in [0.1, 0.15) is 5.75 Å². The maximum Gasteiger partial charge on any atom is 0.262 e. The lowest BCUT2D eigenvalue weighted by Gasteiger charge is -2.25. The first-order chi connectivity index (χ1) is 13.8. The Labute approximate surface area is 172 Å². The van der Waals surface area contributed by atoms with Crippen LogP contribution >= 0.6 is 0 Å². The predicted molar refractivity (Wildman–Crippen MR) is 114 cm³/mol. The maximum absolute atomic E-state index is 12.7. The summed E-state index contributed by atoms with van der Waals surface area (Å²) in [4.78, 5) is 12.5. The van der Waals surface area contributed by atoms with Crippen molar-refractivity contribution < 1.29 is 17.9 Å². The summed E-state index contributed by atoms with van der Waals surface area (Å²) in [5.74, 6) is 0.195. The number of nitrogens with zero attached hydrogens (tertiary/aromatic N) is 1. The van der Waals surface area contributed by atoms with Crippen LogP contribution in [0.5, 0.6) is 5.75 Å². The summed E-state index contributed by atoms with van der Waals surface area (Å²) in [6.45, 7) is 6.92. The van der Waals surface area contributed by atoms with Gasteiger partial charge in [-0.1, -0.05) is 24.1 Å². The van der Waals surface area contributed by atoms with Crippen LogP contribution < -0.4 is 10.1 Å². The molecule has 1 aliphatic rings. The van der Waals surface area contributed by atoms with E-state index in [9.17, 15) is 13.2 Å². The minimum atomic E-state index is -3.47. The molecule has 0 aliphatic carbocycles. The summed E-state index contributed by atoms with van der Waals surface area (Å²) in [6.07, 6.45) is 2.87. The molecular formula is C22H28N2O4S. The molecule has 1 saturated heterocycles. The smallest absolute Gasteiger partial charge is 0.262 e. The SMILES string of the molecule is Cc1cc(C)c(NC(=O)COc2ccc(S(=O)(=O)N3CCCCC3)cc2)c(C)c1. The van der Waals surface area contributed by atoms with E-state index in [1.807, 2.05) is 32.9 Å². The summed E-state index contributed by atoms with van der Waals surface area (Å²) in [5, 5.41) is 2.89. The molecule has 0 spiro atoms. The Hall–Kier alpha value is -2.38. The Morgan fingerprint density at radius 3 is 2.17 bits per heavy atom. The molecule has 2 aromatic rings. The van der Waals surface area contributed by atoms with Crippen molar-refractivity contribution in [1.29, 1.82) is 0 Å². The molecule has 0 bridgehead atoms. The number of carbonyl (C=O) groups excluding carboxylic acids is 1. The number of rotatable bonds is 6. The Bertz CT molecular complexity index is 955. The first kappa shape index (κ1) is 21.3. The number of anilines is 1. The molecule has 2 aromatic carbocycles. The van der Waals surface area contributed by atoms with E-state index in [1.54, 1.807) is 12.1 Å². The van der Waals surface area contributed by atoms with Crippen LogP contribution in [0.25, 0.3) is 0 Å². The third-order valence-corrected chi connectivity index (χ3v) is 7.00. The number of ether oxygens (including phenoxy) is 1. The Balaban J connectivity index is 1.60. The lowest BCUT2D eigenvalue weighted by atomic mass is 10.1. The van der Waals surface area contributed by atoms with E-state index >= 15 is 0 Å². The minimum absolute atomic E-state index is 0.148. The molecule has 1 amide bonds. The average Bonchev–Trinajstić information content (AvgIpc) is 2.70. The number of hydrogen-bond donors (Lipinski definition) is 1. The molecule has 1 heterocycles. The van der Waals surface area contributed by atoms with Crippen LogP contribution in [0.3, 0.4) is 0 Å². The molecule has 0 radical (unpaired) electrons. The highest BCUT2D eigenvalue weighted by Gasteiger charge is 2.25. The first-order valence-electron chi connectivity index (χ1n) is 9.88. The number of piperidine rings is 1. The van der Waals surface area contributed by atoms with E-state index in [4.69, 9.17) is 4.74 Å². The van der Waals surface area contributed by atoms with E-state index in [1.165, 1.54) is 16.4 Å².